The summed E-state index contributed by atoms with van der Waals surface area (Å²) in [5.74, 6) is -2.68. The van der Waals surface area contributed by atoms with E-state index in [0.717, 1.165) is 33.8 Å². The highest BCUT2D eigenvalue weighted by Crippen LogP contribution is 2.25. The van der Waals surface area contributed by atoms with Crippen molar-refractivity contribution in [3.8, 4) is 0 Å². The third-order valence-corrected chi connectivity index (χ3v) is 9.92. The first-order valence-electron chi connectivity index (χ1n) is 22.9. The van der Waals surface area contributed by atoms with Crippen molar-refractivity contribution in [3.05, 3.63) is 82.2 Å². The van der Waals surface area contributed by atoms with Gasteiger partial charge in [0.1, 0.15) is 45.7 Å². The number of hydrogen-bond donors (Lipinski definition) is 0. The van der Waals surface area contributed by atoms with Crippen molar-refractivity contribution in [2.75, 3.05) is 54.9 Å². The lowest BCUT2D eigenvalue weighted by Gasteiger charge is -2.45. The van der Waals surface area contributed by atoms with E-state index in [9.17, 15) is 41.5 Å². The fraction of sp³-hybridized carbons (Fsp3) is 0.571. The maximum atomic E-state index is 15.0. The van der Waals surface area contributed by atoms with E-state index >= 15 is 0 Å². The van der Waals surface area contributed by atoms with Crippen LogP contribution in [0, 0.1) is 37.1 Å². The predicted molar refractivity (Wildman–Crippen MR) is 262 cm³/mol. The second-order valence-electron chi connectivity index (χ2n) is 21.4. The van der Waals surface area contributed by atoms with E-state index in [1.54, 1.807) is 112 Å². The zero-order chi connectivity index (χ0) is 55.2. The number of guanidine groups is 2. The third-order valence-electron chi connectivity index (χ3n) is 9.92. The summed E-state index contributed by atoms with van der Waals surface area (Å²) in [5, 5.41) is 0. The number of rotatable bonds is 4. The van der Waals surface area contributed by atoms with Gasteiger partial charge in [0.25, 0.3) is 0 Å². The molecule has 2 heterocycles. The van der Waals surface area contributed by atoms with Gasteiger partial charge in [0, 0.05) is 44.9 Å². The Bertz CT molecular complexity index is 2370. The fourth-order valence-corrected chi connectivity index (χ4v) is 6.62. The van der Waals surface area contributed by atoms with E-state index < -0.39 is 76.6 Å². The molecule has 72 heavy (non-hydrogen) atoms. The van der Waals surface area contributed by atoms with Gasteiger partial charge in [0.2, 0.25) is 11.9 Å². The third kappa shape index (κ3) is 17.5. The Morgan fingerprint density at radius 2 is 0.931 bits per heavy atom. The number of benzene rings is 2. The molecule has 0 aliphatic carbocycles. The van der Waals surface area contributed by atoms with Crippen molar-refractivity contribution in [1.82, 2.24) is 39.2 Å². The van der Waals surface area contributed by atoms with Gasteiger partial charge in [-0.3, -0.25) is 0 Å². The number of nitrogens with zero attached hydrogens (tertiary/aromatic N) is 10. The van der Waals surface area contributed by atoms with Gasteiger partial charge in [-0.05, 0) is 121 Å². The molecular weight excluding hydrogens is 949 g/mol. The van der Waals surface area contributed by atoms with Gasteiger partial charge < -0.3 is 48.3 Å². The molecule has 0 N–H and O–H groups in total. The lowest BCUT2D eigenvalue weighted by molar-refractivity contribution is 0.0277. The monoisotopic (exact) mass is 1020 g/mol. The molecular formula is C49H72F4N10O9. The smallest absolute Gasteiger partial charge is 0.437 e. The Morgan fingerprint density at radius 1 is 0.569 bits per heavy atom. The van der Waals surface area contributed by atoms with Crippen LogP contribution < -0.4 is 0 Å². The van der Waals surface area contributed by atoms with Crippen LogP contribution >= 0.6 is 0 Å². The molecule has 2 fully saturated rings. The summed E-state index contributed by atoms with van der Waals surface area (Å²) in [4.78, 5) is 84.2. The van der Waals surface area contributed by atoms with Gasteiger partial charge in [-0.2, -0.15) is 0 Å². The van der Waals surface area contributed by atoms with Crippen molar-refractivity contribution in [3.63, 3.8) is 0 Å². The molecule has 0 saturated carbocycles. The molecule has 0 unspecified atom stereocenters. The summed E-state index contributed by atoms with van der Waals surface area (Å²) in [5.41, 5.74) is -3.76. The Kier molecular flexibility index (Phi) is 19.1. The Balaban J connectivity index is 0.000000380. The highest BCUT2D eigenvalue weighted by Gasteiger charge is 2.37. The Hall–Kier alpha value is -6.81. The standard InChI is InChI=1S/C25H37F2N5O4.C24H35F2N5O5/c1-16-19(26)11-18(12-20(16)27)13-32(23(34)36-25(6,7)8)21(28-22(33)35-24(3,4)5)31-14-29(9)17(2)30(10)15-31;1-15-17(25)11-10-16(18(15)26)12-31(22(34)36-24(5,6)7)19(27-20(32)35-23(2,3)4)30-13-28(8)21(33)29(9)14-30/h11-12H,2,13-15H2,1,3-10H3;10-11H,12-14H2,1-9H3. The van der Waals surface area contributed by atoms with E-state index in [2.05, 4.69) is 16.6 Å². The Labute approximate surface area is 420 Å². The van der Waals surface area contributed by atoms with Gasteiger partial charge in [0.15, 0.2) is 0 Å². The number of urea groups is 1. The van der Waals surface area contributed by atoms with Crippen LogP contribution in [0.25, 0.3) is 0 Å². The van der Waals surface area contributed by atoms with Crippen molar-refractivity contribution in [2.24, 2.45) is 9.98 Å². The average molecular weight is 1020 g/mol. The summed E-state index contributed by atoms with van der Waals surface area (Å²) in [6.07, 6.45) is -3.69. The van der Waals surface area contributed by atoms with Crippen LogP contribution in [0.2, 0.25) is 0 Å². The van der Waals surface area contributed by atoms with Crippen molar-refractivity contribution >= 4 is 42.3 Å². The van der Waals surface area contributed by atoms with Crippen molar-refractivity contribution in [1.29, 1.82) is 0 Å². The van der Waals surface area contributed by atoms with Gasteiger partial charge in [0.05, 0.1) is 45.6 Å². The van der Waals surface area contributed by atoms with Crippen LogP contribution in [0.3, 0.4) is 0 Å². The normalized spacial score (nSPS) is 15.2. The summed E-state index contributed by atoms with van der Waals surface area (Å²) in [6.45, 7) is 26.3. The van der Waals surface area contributed by atoms with E-state index in [1.165, 1.54) is 48.7 Å². The summed E-state index contributed by atoms with van der Waals surface area (Å²) in [7, 11) is 6.66. The summed E-state index contributed by atoms with van der Waals surface area (Å²) in [6, 6.07) is 4.28. The lowest BCUT2D eigenvalue weighted by atomic mass is 10.1. The highest BCUT2D eigenvalue weighted by atomic mass is 19.1. The first-order valence-corrected chi connectivity index (χ1v) is 22.9. The van der Waals surface area contributed by atoms with Gasteiger partial charge in [-0.1, -0.05) is 12.6 Å². The molecule has 400 valence electrons. The molecule has 2 aliphatic rings. The number of carbonyl (C=O) groups is 5. The minimum absolute atomic E-state index is 0.0218. The van der Waals surface area contributed by atoms with E-state index in [4.69, 9.17) is 18.9 Å². The molecule has 2 saturated heterocycles. The molecule has 0 aromatic heterocycles. The van der Waals surface area contributed by atoms with Crippen LogP contribution in [0.1, 0.15) is 105 Å². The van der Waals surface area contributed by atoms with E-state index in [-0.39, 0.29) is 73.4 Å². The van der Waals surface area contributed by atoms with Crippen LogP contribution in [0.15, 0.2) is 46.7 Å². The van der Waals surface area contributed by atoms with Gasteiger partial charge in [-0.15, -0.1) is 9.98 Å². The molecule has 6 amide bonds. The Morgan fingerprint density at radius 3 is 1.31 bits per heavy atom. The minimum atomic E-state index is -0.996. The topological polar surface area (TPSA) is 173 Å². The molecule has 0 spiro atoms. The molecule has 23 heteroatoms. The number of hydrogen-bond acceptors (Lipinski definition) is 11. The highest BCUT2D eigenvalue weighted by molar-refractivity contribution is 6.00. The van der Waals surface area contributed by atoms with Crippen molar-refractivity contribution in [2.45, 2.75) is 132 Å². The molecule has 0 bridgehead atoms. The maximum Gasteiger partial charge on any atom is 0.437 e. The van der Waals surface area contributed by atoms with Crippen LogP contribution in [0.4, 0.5) is 41.5 Å². The molecule has 0 atom stereocenters. The molecule has 19 nitrogen and oxygen atoms in total. The number of ether oxygens (including phenoxy) is 4. The molecule has 2 aliphatic heterocycles. The summed E-state index contributed by atoms with van der Waals surface area (Å²) < 4.78 is 79.4. The van der Waals surface area contributed by atoms with Crippen LogP contribution in [-0.2, 0) is 32.0 Å². The zero-order valence-electron chi connectivity index (χ0n) is 44.9. The van der Waals surface area contributed by atoms with Crippen LogP contribution in [-0.4, -0.2) is 159 Å². The molecule has 2 aromatic rings. The predicted octanol–water partition coefficient (Wildman–Crippen LogP) is 9.38. The largest absolute Gasteiger partial charge is 0.443 e. The quantitative estimate of drug-likeness (QED) is 0.123. The molecule has 2 aromatic carbocycles. The number of halogens is 4. The number of carbonyl (C=O) groups excluding carboxylic acids is 5. The van der Waals surface area contributed by atoms with Crippen molar-refractivity contribution < 1.29 is 60.5 Å². The lowest BCUT2D eigenvalue weighted by Crippen LogP contribution is -2.60. The van der Waals surface area contributed by atoms with Crippen LogP contribution in [0.5, 0.6) is 0 Å². The average Bonchev–Trinajstić information content (AvgIpc) is 3.20. The van der Waals surface area contributed by atoms with E-state index in [0.29, 0.717) is 0 Å². The molecule has 4 rings (SSSR count). The number of aliphatic imine (C=N–C) groups is 2. The van der Waals surface area contributed by atoms with Gasteiger partial charge in [-0.25, -0.2) is 51.3 Å². The summed E-state index contributed by atoms with van der Waals surface area (Å²) >= 11 is 0. The SMILES string of the molecule is C=C1N(C)CN(C(=NC(=O)OC(C)(C)C)N(Cc2cc(F)c(C)c(F)c2)C(=O)OC(C)(C)C)CN1C.Cc1c(F)ccc(CN(C(=O)OC(C)(C)C)C(=NC(=O)OC(C)(C)C)N2CN(C)C(=O)N(C)C2)c1F. The molecule has 0 radical (unpaired) electrons. The second-order valence-corrected chi connectivity index (χ2v) is 21.4. The number of amides is 6. The van der Waals surface area contributed by atoms with Gasteiger partial charge >= 0.3 is 30.4 Å². The zero-order valence-corrected chi connectivity index (χ0v) is 44.9. The van der Waals surface area contributed by atoms with E-state index in [1.807, 2.05) is 0 Å². The first-order chi connectivity index (χ1) is 32.8. The minimum Gasteiger partial charge on any atom is -0.443 e. The second kappa shape index (κ2) is 23.2. The maximum absolute atomic E-state index is 15.0. The fourth-order valence-electron chi connectivity index (χ4n) is 6.62. The first kappa shape index (κ1) is 59.5.